The fourth-order valence-corrected chi connectivity index (χ4v) is 2.54. The molecule has 0 saturated heterocycles. The van der Waals surface area contributed by atoms with Crippen molar-refractivity contribution < 1.29 is 14.3 Å². The smallest absolute Gasteiger partial charge is 0.250 e. The van der Waals surface area contributed by atoms with Crippen LogP contribution in [0.15, 0.2) is 24.3 Å². The van der Waals surface area contributed by atoms with Gasteiger partial charge in [-0.1, -0.05) is 25.2 Å². The minimum absolute atomic E-state index is 0.269. The average molecular weight is 333 g/mol. The summed E-state index contributed by atoms with van der Waals surface area (Å²) in [5.41, 5.74) is 0.781. The molecule has 0 saturated carbocycles. The number of methoxy groups -OCH3 is 2. The van der Waals surface area contributed by atoms with Gasteiger partial charge in [-0.25, -0.2) is 0 Å². The van der Waals surface area contributed by atoms with E-state index in [0.717, 1.165) is 10.6 Å². The summed E-state index contributed by atoms with van der Waals surface area (Å²) in [6, 6.07) is 5.39. The van der Waals surface area contributed by atoms with E-state index >= 15 is 0 Å². The molecular weight excluding hydrogens is 314 g/mol. The third kappa shape index (κ3) is 4.53. The minimum atomic E-state index is -0.269. The van der Waals surface area contributed by atoms with Crippen molar-refractivity contribution in [1.82, 2.24) is 10.2 Å². The van der Waals surface area contributed by atoms with Crippen LogP contribution in [0.1, 0.15) is 30.3 Å². The first-order chi connectivity index (χ1) is 11.0. The highest BCUT2D eigenvalue weighted by atomic mass is 32.1. The molecule has 0 radical (unpaired) electrons. The lowest BCUT2D eigenvalue weighted by Crippen LogP contribution is -2.07. The number of aromatic nitrogens is 2. The van der Waals surface area contributed by atoms with Gasteiger partial charge in [-0.05, 0) is 18.2 Å². The molecule has 1 amide bonds. The standard InChI is InChI=1S/C16H19N3O3S/c1-10(2)15-18-19-16(23-15)17-14(20)8-6-11-5-7-12(21-3)9-13(11)22-4/h5-10H,1-4H3,(H,17,19,20). The molecule has 23 heavy (non-hydrogen) atoms. The van der Waals surface area contributed by atoms with Gasteiger partial charge in [-0.3, -0.25) is 10.1 Å². The molecule has 0 fully saturated rings. The quantitative estimate of drug-likeness (QED) is 0.821. The minimum Gasteiger partial charge on any atom is -0.497 e. The number of amides is 1. The molecule has 7 heteroatoms. The van der Waals surface area contributed by atoms with Crippen LogP contribution >= 0.6 is 11.3 Å². The second-order valence-electron chi connectivity index (χ2n) is 5.03. The molecule has 1 heterocycles. The zero-order valence-electron chi connectivity index (χ0n) is 13.5. The molecular formula is C16H19N3O3S. The number of ether oxygens (including phenoxy) is 2. The number of anilines is 1. The topological polar surface area (TPSA) is 73.3 Å². The largest absolute Gasteiger partial charge is 0.497 e. The number of hydrogen-bond acceptors (Lipinski definition) is 6. The Kier molecular flexibility index (Phi) is 5.70. The van der Waals surface area contributed by atoms with Crippen LogP contribution in [0.5, 0.6) is 11.5 Å². The molecule has 2 aromatic rings. The predicted octanol–water partition coefficient (Wildman–Crippen LogP) is 3.33. The summed E-state index contributed by atoms with van der Waals surface area (Å²) in [6.45, 7) is 4.06. The van der Waals surface area contributed by atoms with Crippen molar-refractivity contribution in [2.45, 2.75) is 19.8 Å². The molecule has 0 aliphatic rings. The molecule has 0 atom stereocenters. The van der Waals surface area contributed by atoms with Gasteiger partial charge in [0.05, 0.1) is 14.2 Å². The molecule has 0 bridgehead atoms. The fourth-order valence-electron chi connectivity index (χ4n) is 1.79. The van der Waals surface area contributed by atoms with Crippen molar-refractivity contribution in [3.63, 3.8) is 0 Å². The Labute approximate surface area is 139 Å². The number of benzene rings is 1. The first-order valence-electron chi connectivity index (χ1n) is 7.08. The average Bonchev–Trinajstić information content (AvgIpc) is 3.01. The number of carbonyl (C=O) groups excluding carboxylic acids is 1. The fraction of sp³-hybridized carbons (Fsp3) is 0.312. The first kappa shape index (κ1) is 17.0. The molecule has 0 aliphatic carbocycles. The van der Waals surface area contributed by atoms with Crippen LogP contribution in [0.3, 0.4) is 0 Å². The van der Waals surface area contributed by atoms with E-state index in [0.29, 0.717) is 16.6 Å². The normalized spacial score (nSPS) is 11.0. The molecule has 1 N–H and O–H groups in total. The summed E-state index contributed by atoms with van der Waals surface area (Å²) in [7, 11) is 3.16. The Morgan fingerprint density at radius 3 is 2.65 bits per heavy atom. The van der Waals surface area contributed by atoms with E-state index in [2.05, 4.69) is 15.5 Å². The zero-order valence-corrected chi connectivity index (χ0v) is 14.3. The summed E-state index contributed by atoms with van der Waals surface area (Å²) in [5, 5.41) is 12.1. The molecule has 6 nitrogen and oxygen atoms in total. The van der Waals surface area contributed by atoms with Crippen LogP contribution in [0, 0.1) is 0 Å². The van der Waals surface area contributed by atoms with E-state index in [9.17, 15) is 4.79 Å². The van der Waals surface area contributed by atoms with Gasteiger partial charge in [0.1, 0.15) is 16.5 Å². The summed E-state index contributed by atoms with van der Waals surface area (Å²) >= 11 is 1.37. The third-order valence-corrected chi connectivity index (χ3v) is 4.16. The van der Waals surface area contributed by atoms with Crippen molar-refractivity contribution in [3.05, 3.63) is 34.8 Å². The first-order valence-corrected chi connectivity index (χ1v) is 7.89. The SMILES string of the molecule is COc1ccc(C=CC(=O)Nc2nnc(C(C)C)s2)c(OC)c1. The Bertz CT molecular complexity index is 710. The Balaban J connectivity index is 2.05. The van der Waals surface area contributed by atoms with Crippen LogP contribution < -0.4 is 14.8 Å². The Hall–Kier alpha value is -2.41. The summed E-state index contributed by atoms with van der Waals surface area (Å²) in [6.07, 6.45) is 3.11. The van der Waals surface area contributed by atoms with Gasteiger partial charge < -0.3 is 9.47 Å². The van der Waals surface area contributed by atoms with Crippen LogP contribution in [0.2, 0.25) is 0 Å². The van der Waals surface area contributed by atoms with Crippen LogP contribution in [-0.4, -0.2) is 30.3 Å². The summed E-state index contributed by atoms with van der Waals surface area (Å²) < 4.78 is 10.4. The van der Waals surface area contributed by atoms with Crippen LogP contribution in [0.25, 0.3) is 6.08 Å². The van der Waals surface area contributed by atoms with Gasteiger partial charge >= 0.3 is 0 Å². The van der Waals surface area contributed by atoms with E-state index < -0.39 is 0 Å². The van der Waals surface area contributed by atoms with Crippen molar-refractivity contribution in [2.75, 3.05) is 19.5 Å². The van der Waals surface area contributed by atoms with Crippen LogP contribution in [-0.2, 0) is 4.79 Å². The number of nitrogens with zero attached hydrogens (tertiary/aromatic N) is 2. The number of rotatable bonds is 6. The van der Waals surface area contributed by atoms with Crippen molar-refractivity contribution in [3.8, 4) is 11.5 Å². The summed E-state index contributed by atoms with van der Waals surface area (Å²) in [5.74, 6) is 1.34. The molecule has 0 spiro atoms. The Morgan fingerprint density at radius 2 is 2.04 bits per heavy atom. The number of nitrogens with one attached hydrogen (secondary N) is 1. The third-order valence-electron chi connectivity index (χ3n) is 3.02. The predicted molar refractivity (Wildman–Crippen MR) is 91.2 cm³/mol. The van der Waals surface area contributed by atoms with Gasteiger partial charge in [-0.2, -0.15) is 0 Å². The molecule has 1 aromatic carbocycles. The Morgan fingerprint density at radius 1 is 1.26 bits per heavy atom. The highest BCUT2D eigenvalue weighted by Crippen LogP contribution is 2.26. The number of carbonyl (C=O) groups is 1. The molecule has 2 rings (SSSR count). The van der Waals surface area contributed by atoms with E-state index in [1.807, 2.05) is 19.9 Å². The molecule has 0 aliphatic heterocycles. The van der Waals surface area contributed by atoms with Crippen molar-refractivity contribution in [1.29, 1.82) is 0 Å². The van der Waals surface area contributed by atoms with Gasteiger partial charge in [0, 0.05) is 23.6 Å². The maximum absolute atomic E-state index is 12.0. The van der Waals surface area contributed by atoms with E-state index in [4.69, 9.17) is 9.47 Å². The molecule has 0 unspecified atom stereocenters. The van der Waals surface area contributed by atoms with Gasteiger partial charge in [0.25, 0.3) is 0 Å². The monoisotopic (exact) mass is 333 g/mol. The molecule has 1 aromatic heterocycles. The highest BCUT2D eigenvalue weighted by molar-refractivity contribution is 7.15. The van der Waals surface area contributed by atoms with E-state index in [-0.39, 0.29) is 11.8 Å². The molecule has 122 valence electrons. The van der Waals surface area contributed by atoms with Gasteiger partial charge in [0.15, 0.2) is 0 Å². The van der Waals surface area contributed by atoms with Crippen LogP contribution in [0.4, 0.5) is 5.13 Å². The maximum Gasteiger partial charge on any atom is 0.250 e. The van der Waals surface area contributed by atoms with Gasteiger partial charge in [-0.15, -0.1) is 10.2 Å². The lowest BCUT2D eigenvalue weighted by atomic mass is 10.1. The van der Waals surface area contributed by atoms with Crippen molar-refractivity contribution >= 4 is 28.5 Å². The second-order valence-corrected chi connectivity index (χ2v) is 6.04. The lowest BCUT2D eigenvalue weighted by Gasteiger charge is -2.07. The van der Waals surface area contributed by atoms with E-state index in [1.54, 1.807) is 32.4 Å². The number of hydrogen-bond donors (Lipinski definition) is 1. The zero-order chi connectivity index (χ0) is 16.8. The summed E-state index contributed by atoms with van der Waals surface area (Å²) in [4.78, 5) is 12.0. The second kappa shape index (κ2) is 7.73. The van der Waals surface area contributed by atoms with Crippen molar-refractivity contribution in [2.24, 2.45) is 0 Å². The van der Waals surface area contributed by atoms with E-state index in [1.165, 1.54) is 17.4 Å². The lowest BCUT2D eigenvalue weighted by molar-refractivity contribution is -0.111. The maximum atomic E-state index is 12.0. The highest BCUT2D eigenvalue weighted by Gasteiger charge is 2.09. The van der Waals surface area contributed by atoms with Gasteiger partial charge in [0.2, 0.25) is 11.0 Å².